The zero-order valence-electron chi connectivity index (χ0n) is 7.65. The molecule has 0 aliphatic rings. The third-order valence-corrected chi connectivity index (χ3v) is 0.848. The molecule has 0 aromatic carbocycles. The minimum absolute atomic E-state index is 0.185. The van der Waals surface area contributed by atoms with Crippen molar-refractivity contribution in [3.8, 4) is 6.01 Å². The Balaban J connectivity index is 0.000000561. The van der Waals surface area contributed by atoms with Crippen molar-refractivity contribution in [3.05, 3.63) is 18.5 Å². The summed E-state index contributed by atoms with van der Waals surface area (Å²) in [5.74, 6) is 0. The highest BCUT2D eigenvalue weighted by Gasteiger charge is 1.90. The van der Waals surface area contributed by atoms with Crippen LogP contribution in [-0.2, 0) is 4.74 Å². The van der Waals surface area contributed by atoms with Crippen LogP contribution in [0.2, 0.25) is 0 Å². The van der Waals surface area contributed by atoms with E-state index in [1.54, 1.807) is 25.6 Å². The molecule has 0 aliphatic heterocycles. The molecule has 0 saturated carbocycles. The van der Waals surface area contributed by atoms with Crippen LogP contribution >= 0.6 is 0 Å². The van der Waals surface area contributed by atoms with E-state index in [9.17, 15) is 0 Å². The fourth-order valence-corrected chi connectivity index (χ4v) is 0.472. The van der Waals surface area contributed by atoms with E-state index in [1.165, 1.54) is 0 Å². The lowest BCUT2D eigenvalue weighted by Gasteiger charge is -1.99. The van der Waals surface area contributed by atoms with Crippen molar-refractivity contribution in [2.45, 2.75) is 13.8 Å². The maximum Gasteiger partial charge on any atom is 0.318 e. The molecular weight excluding hydrogens is 156 g/mol. The number of ether oxygens (including phenoxy) is 2. The van der Waals surface area contributed by atoms with E-state index in [-0.39, 0.29) is 6.79 Å². The molecule has 0 radical (unpaired) electrons. The SMILES string of the molecule is CC.COCOc1ncccn1. The van der Waals surface area contributed by atoms with Crippen molar-refractivity contribution >= 4 is 0 Å². The Morgan fingerprint density at radius 1 is 1.25 bits per heavy atom. The van der Waals surface area contributed by atoms with Crippen LogP contribution in [0.25, 0.3) is 0 Å². The third-order valence-electron chi connectivity index (χ3n) is 0.848. The fraction of sp³-hybridized carbons (Fsp3) is 0.500. The maximum absolute atomic E-state index is 4.91. The van der Waals surface area contributed by atoms with Gasteiger partial charge in [-0.3, -0.25) is 0 Å². The molecule has 0 bridgehead atoms. The molecule has 1 heterocycles. The van der Waals surface area contributed by atoms with Crippen LogP contribution in [0.1, 0.15) is 13.8 Å². The Hall–Kier alpha value is -1.16. The van der Waals surface area contributed by atoms with E-state index in [0.717, 1.165) is 0 Å². The van der Waals surface area contributed by atoms with Crippen molar-refractivity contribution in [1.29, 1.82) is 0 Å². The molecule has 0 saturated heterocycles. The van der Waals surface area contributed by atoms with Crippen molar-refractivity contribution in [2.24, 2.45) is 0 Å². The summed E-state index contributed by atoms with van der Waals surface area (Å²) in [4.78, 5) is 7.61. The van der Waals surface area contributed by atoms with Gasteiger partial charge in [0.2, 0.25) is 0 Å². The lowest BCUT2D eigenvalue weighted by Crippen LogP contribution is -2.01. The van der Waals surface area contributed by atoms with Crippen LogP contribution in [-0.4, -0.2) is 23.9 Å². The summed E-state index contributed by atoms with van der Waals surface area (Å²) in [5, 5.41) is 0. The van der Waals surface area contributed by atoms with E-state index in [0.29, 0.717) is 6.01 Å². The molecule has 68 valence electrons. The summed E-state index contributed by atoms with van der Waals surface area (Å²) in [6.07, 6.45) is 3.22. The minimum atomic E-state index is 0.185. The number of methoxy groups -OCH3 is 1. The highest BCUT2D eigenvalue weighted by Crippen LogP contribution is 1.95. The fourth-order valence-electron chi connectivity index (χ4n) is 0.472. The molecule has 0 unspecified atom stereocenters. The molecule has 1 aromatic rings. The second-order valence-corrected chi connectivity index (χ2v) is 1.58. The van der Waals surface area contributed by atoms with Gasteiger partial charge in [-0.2, -0.15) is 0 Å². The number of rotatable bonds is 3. The Morgan fingerprint density at radius 2 is 1.83 bits per heavy atom. The normalized spacial score (nSPS) is 8.25. The monoisotopic (exact) mass is 170 g/mol. The number of hydrogen-bond acceptors (Lipinski definition) is 4. The molecule has 0 atom stereocenters. The predicted octanol–water partition coefficient (Wildman–Crippen LogP) is 1.49. The summed E-state index contributed by atoms with van der Waals surface area (Å²) in [7, 11) is 1.54. The van der Waals surface area contributed by atoms with Crippen molar-refractivity contribution in [2.75, 3.05) is 13.9 Å². The van der Waals surface area contributed by atoms with Crippen LogP contribution < -0.4 is 4.74 Å². The van der Waals surface area contributed by atoms with Gasteiger partial charge in [0.15, 0.2) is 6.79 Å². The first-order chi connectivity index (χ1) is 5.93. The zero-order chi connectivity index (χ0) is 9.23. The van der Waals surface area contributed by atoms with E-state index >= 15 is 0 Å². The maximum atomic E-state index is 4.91. The van der Waals surface area contributed by atoms with Gasteiger partial charge in [-0.15, -0.1) is 0 Å². The van der Waals surface area contributed by atoms with Crippen molar-refractivity contribution < 1.29 is 9.47 Å². The molecule has 4 nitrogen and oxygen atoms in total. The average Bonchev–Trinajstić information content (AvgIpc) is 2.19. The molecule has 0 aliphatic carbocycles. The summed E-state index contributed by atoms with van der Waals surface area (Å²) < 4.78 is 9.55. The summed E-state index contributed by atoms with van der Waals surface area (Å²) in [5.41, 5.74) is 0. The predicted molar refractivity (Wildman–Crippen MR) is 45.9 cm³/mol. The van der Waals surface area contributed by atoms with Gasteiger partial charge in [0.1, 0.15) is 0 Å². The van der Waals surface area contributed by atoms with E-state index < -0.39 is 0 Å². The molecule has 0 fully saturated rings. The Morgan fingerprint density at radius 3 is 2.33 bits per heavy atom. The van der Waals surface area contributed by atoms with E-state index in [1.807, 2.05) is 13.8 Å². The zero-order valence-corrected chi connectivity index (χ0v) is 7.65. The summed E-state index contributed by atoms with van der Waals surface area (Å²) >= 11 is 0. The van der Waals surface area contributed by atoms with Gasteiger partial charge >= 0.3 is 6.01 Å². The van der Waals surface area contributed by atoms with Gasteiger partial charge in [-0.25, -0.2) is 9.97 Å². The lowest BCUT2D eigenvalue weighted by molar-refractivity contribution is 0.0442. The van der Waals surface area contributed by atoms with Crippen LogP contribution in [0.15, 0.2) is 18.5 Å². The summed E-state index contributed by atoms with van der Waals surface area (Å²) in [6.45, 7) is 4.18. The number of aromatic nitrogens is 2. The quantitative estimate of drug-likeness (QED) is 0.644. The molecule has 0 N–H and O–H groups in total. The van der Waals surface area contributed by atoms with E-state index in [2.05, 4.69) is 14.7 Å². The van der Waals surface area contributed by atoms with Crippen LogP contribution in [0.5, 0.6) is 6.01 Å². The molecule has 12 heavy (non-hydrogen) atoms. The highest BCUT2D eigenvalue weighted by atomic mass is 16.7. The van der Waals surface area contributed by atoms with Gasteiger partial charge in [0.25, 0.3) is 0 Å². The molecule has 0 spiro atoms. The first-order valence-electron chi connectivity index (χ1n) is 3.82. The number of hydrogen-bond donors (Lipinski definition) is 0. The van der Waals surface area contributed by atoms with E-state index in [4.69, 9.17) is 4.74 Å². The van der Waals surface area contributed by atoms with Crippen molar-refractivity contribution in [3.63, 3.8) is 0 Å². The second kappa shape index (κ2) is 7.94. The standard InChI is InChI=1S/C6H8N2O2.C2H6/c1-9-5-10-6-7-3-2-4-8-6;1-2/h2-4H,5H2,1H3;1-2H3. The highest BCUT2D eigenvalue weighted by molar-refractivity contribution is 4.92. The Bertz CT molecular complexity index is 180. The van der Waals surface area contributed by atoms with Gasteiger partial charge in [0, 0.05) is 19.5 Å². The molecule has 4 heteroatoms. The molecule has 0 amide bonds. The minimum Gasteiger partial charge on any atom is -0.436 e. The third kappa shape index (κ3) is 4.62. The Labute approximate surface area is 72.6 Å². The Kier molecular flexibility index (Phi) is 7.17. The smallest absolute Gasteiger partial charge is 0.318 e. The van der Waals surface area contributed by atoms with Crippen LogP contribution in [0.4, 0.5) is 0 Å². The summed E-state index contributed by atoms with van der Waals surface area (Å²) in [6, 6.07) is 2.06. The largest absolute Gasteiger partial charge is 0.436 e. The van der Waals surface area contributed by atoms with Gasteiger partial charge in [-0.1, -0.05) is 13.8 Å². The van der Waals surface area contributed by atoms with Gasteiger partial charge < -0.3 is 9.47 Å². The van der Waals surface area contributed by atoms with Crippen LogP contribution in [0, 0.1) is 0 Å². The van der Waals surface area contributed by atoms with Gasteiger partial charge in [-0.05, 0) is 6.07 Å². The molecule has 1 rings (SSSR count). The average molecular weight is 170 g/mol. The lowest BCUT2D eigenvalue weighted by atomic mass is 10.7. The number of nitrogens with zero attached hydrogens (tertiary/aromatic N) is 2. The molecular formula is C8H14N2O2. The topological polar surface area (TPSA) is 44.2 Å². The second-order valence-electron chi connectivity index (χ2n) is 1.58. The van der Waals surface area contributed by atoms with Crippen molar-refractivity contribution in [1.82, 2.24) is 9.97 Å². The van der Waals surface area contributed by atoms with Crippen LogP contribution in [0.3, 0.4) is 0 Å². The molecule has 1 aromatic heterocycles. The first-order valence-corrected chi connectivity index (χ1v) is 3.82. The first kappa shape index (κ1) is 10.8. The van der Waals surface area contributed by atoms with Gasteiger partial charge in [0.05, 0.1) is 0 Å².